The molecule has 1 aromatic rings. The van der Waals surface area contributed by atoms with Crippen LogP contribution in [0.3, 0.4) is 0 Å². The smallest absolute Gasteiger partial charge is 0.141 e. The van der Waals surface area contributed by atoms with Gasteiger partial charge in [-0.05, 0) is 70.2 Å². The molecule has 0 radical (unpaired) electrons. The van der Waals surface area contributed by atoms with Crippen LogP contribution >= 0.6 is 0 Å². The van der Waals surface area contributed by atoms with Crippen LogP contribution in [0, 0.1) is 12.8 Å². The van der Waals surface area contributed by atoms with Gasteiger partial charge in [-0.2, -0.15) is 0 Å². The molecule has 0 bridgehead atoms. The zero-order chi connectivity index (χ0) is 15.3. The summed E-state index contributed by atoms with van der Waals surface area (Å²) in [4.78, 5) is 4.61. The summed E-state index contributed by atoms with van der Waals surface area (Å²) in [6.45, 7) is 10.8. The first-order valence-corrected chi connectivity index (χ1v) is 8.41. The molecule has 1 N–H and O–H groups in total. The molecule has 118 valence electrons. The minimum absolute atomic E-state index is 0.0465. The molecule has 0 aliphatic heterocycles. The predicted octanol–water partition coefficient (Wildman–Crippen LogP) is 3.89. The third-order valence-electron chi connectivity index (χ3n) is 4.31. The number of hydrogen-bond acceptors (Lipinski definition) is 3. The number of pyridine rings is 1. The van der Waals surface area contributed by atoms with E-state index in [1.807, 2.05) is 6.92 Å². The minimum Gasteiger partial charge on any atom is -0.485 e. The Labute approximate surface area is 129 Å². The molecule has 0 saturated heterocycles. The van der Waals surface area contributed by atoms with E-state index in [0.717, 1.165) is 43.1 Å². The van der Waals surface area contributed by atoms with E-state index in [1.54, 1.807) is 0 Å². The molecule has 0 amide bonds. The largest absolute Gasteiger partial charge is 0.485 e. The summed E-state index contributed by atoms with van der Waals surface area (Å²) in [5.74, 6) is 1.70. The van der Waals surface area contributed by atoms with E-state index in [0.29, 0.717) is 5.92 Å². The molecule has 1 aliphatic carbocycles. The van der Waals surface area contributed by atoms with Gasteiger partial charge in [0.05, 0.1) is 5.69 Å². The van der Waals surface area contributed by atoms with Crippen molar-refractivity contribution in [2.45, 2.75) is 65.4 Å². The molecular weight excluding hydrogens is 260 g/mol. The van der Waals surface area contributed by atoms with Gasteiger partial charge in [-0.25, -0.2) is 0 Å². The Hall–Kier alpha value is -1.09. The van der Waals surface area contributed by atoms with Crippen molar-refractivity contribution in [1.82, 2.24) is 10.3 Å². The molecule has 1 aromatic heterocycles. The Morgan fingerprint density at radius 3 is 2.67 bits per heavy atom. The molecule has 3 nitrogen and oxygen atoms in total. The van der Waals surface area contributed by atoms with Crippen LogP contribution < -0.4 is 10.1 Å². The molecule has 0 unspecified atom stereocenters. The van der Waals surface area contributed by atoms with Gasteiger partial charge in [0, 0.05) is 5.69 Å². The van der Waals surface area contributed by atoms with Crippen molar-refractivity contribution in [3.05, 3.63) is 23.5 Å². The van der Waals surface area contributed by atoms with Crippen LogP contribution in [0.15, 0.2) is 12.1 Å². The fourth-order valence-electron chi connectivity index (χ4n) is 2.86. The number of nitrogens with zero attached hydrogens (tertiary/aromatic N) is 1. The SMILES string of the molecule is CCc1nc(C)ccc1OC1(CCNCC(C)C)CCC1. The van der Waals surface area contributed by atoms with E-state index < -0.39 is 0 Å². The van der Waals surface area contributed by atoms with E-state index >= 15 is 0 Å². The van der Waals surface area contributed by atoms with E-state index in [9.17, 15) is 0 Å². The molecule has 2 rings (SSSR count). The first-order valence-electron chi connectivity index (χ1n) is 8.41. The van der Waals surface area contributed by atoms with E-state index in [4.69, 9.17) is 4.74 Å². The maximum absolute atomic E-state index is 6.42. The van der Waals surface area contributed by atoms with Crippen LogP contribution in [0.2, 0.25) is 0 Å². The molecule has 0 aromatic carbocycles. The van der Waals surface area contributed by atoms with E-state index in [1.165, 1.54) is 19.3 Å². The lowest BCUT2D eigenvalue weighted by Crippen LogP contribution is -2.45. The molecule has 1 saturated carbocycles. The Balaban J connectivity index is 1.95. The second-order valence-corrected chi connectivity index (χ2v) is 6.74. The topological polar surface area (TPSA) is 34.1 Å². The summed E-state index contributed by atoms with van der Waals surface area (Å²) in [7, 11) is 0. The van der Waals surface area contributed by atoms with Crippen LogP contribution in [0.25, 0.3) is 0 Å². The van der Waals surface area contributed by atoms with Crippen molar-refractivity contribution < 1.29 is 4.74 Å². The molecule has 1 aliphatic rings. The molecular formula is C18H30N2O. The van der Waals surface area contributed by atoms with E-state index in [2.05, 4.69) is 43.2 Å². The maximum Gasteiger partial charge on any atom is 0.141 e. The first-order chi connectivity index (χ1) is 10.0. The van der Waals surface area contributed by atoms with Gasteiger partial charge < -0.3 is 10.1 Å². The fourth-order valence-corrected chi connectivity index (χ4v) is 2.86. The highest BCUT2D eigenvalue weighted by molar-refractivity contribution is 5.30. The Kier molecular flexibility index (Phi) is 5.63. The zero-order valence-corrected chi connectivity index (χ0v) is 14.0. The van der Waals surface area contributed by atoms with Crippen molar-refractivity contribution in [2.75, 3.05) is 13.1 Å². The second-order valence-electron chi connectivity index (χ2n) is 6.74. The van der Waals surface area contributed by atoms with Gasteiger partial charge in [-0.15, -0.1) is 0 Å². The van der Waals surface area contributed by atoms with Crippen LogP contribution in [-0.2, 0) is 6.42 Å². The van der Waals surface area contributed by atoms with Gasteiger partial charge in [0.2, 0.25) is 0 Å². The molecule has 3 heteroatoms. The second kappa shape index (κ2) is 7.26. The molecule has 0 atom stereocenters. The third kappa shape index (κ3) is 4.44. The summed E-state index contributed by atoms with van der Waals surface area (Å²) in [6.07, 6.45) is 5.65. The fraction of sp³-hybridized carbons (Fsp3) is 0.722. The van der Waals surface area contributed by atoms with Gasteiger partial charge in [0.15, 0.2) is 0 Å². The highest BCUT2D eigenvalue weighted by Crippen LogP contribution is 2.40. The third-order valence-corrected chi connectivity index (χ3v) is 4.31. The highest BCUT2D eigenvalue weighted by atomic mass is 16.5. The van der Waals surface area contributed by atoms with Gasteiger partial charge in [0.25, 0.3) is 0 Å². The number of aryl methyl sites for hydroxylation is 2. The Bertz CT molecular complexity index is 453. The molecule has 21 heavy (non-hydrogen) atoms. The van der Waals surface area contributed by atoms with Crippen LogP contribution in [-0.4, -0.2) is 23.7 Å². The van der Waals surface area contributed by atoms with Crippen LogP contribution in [0.4, 0.5) is 0 Å². The molecule has 1 fully saturated rings. The maximum atomic E-state index is 6.42. The quantitative estimate of drug-likeness (QED) is 0.738. The zero-order valence-electron chi connectivity index (χ0n) is 14.0. The Morgan fingerprint density at radius 1 is 1.33 bits per heavy atom. The predicted molar refractivity (Wildman–Crippen MR) is 87.9 cm³/mol. The van der Waals surface area contributed by atoms with Gasteiger partial charge in [-0.1, -0.05) is 20.8 Å². The van der Waals surface area contributed by atoms with Crippen LogP contribution in [0.5, 0.6) is 5.75 Å². The molecule has 0 spiro atoms. The van der Waals surface area contributed by atoms with Gasteiger partial charge >= 0.3 is 0 Å². The average Bonchev–Trinajstić information content (AvgIpc) is 2.41. The monoisotopic (exact) mass is 290 g/mol. The first kappa shape index (κ1) is 16.3. The Morgan fingerprint density at radius 2 is 2.10 bits per heavy atom. The molecule has 1 heterocycles. The normalized spacial score (nSPS) is 16.8. The van der Waals surface area contributed by atoms with Crippen molar-refractivity contribution in [2.24, 2.45) is 5.92 Å². The summed E-state index contributed by atoms with van der Waals surface area (Å²) < 4.78 is 6.42. The number of hydrogen-bond donors (Lipinski definition) is 1. The van der Waals surface area contributed by atoms with Crippen molar-refractivity contribution in [1.29, 1.82) is 0 Å². The van der Waals surface area contributed by atoms with E-state index in [-0.39, 0.29) is 5.60 Å². The number of aromatic nitrogens is 1. The van der Waals surface area contributed by atoms with Gasteiger partial charge in [0.1, 0.15) is 11.4 Å². The summed E-state index contributed by atoms with van der Waals surface area (Å²) in [5, 5.41) is 3.54. The lowest BCUT2D eigenvalue weighted by Gasteiger charge is -2.42. The number of ether oxygens (including phenoxy) is 1. The lowest BCUT2D eigenvalue weighted by molar-refractivity contribution is -0.0153. The number of nitrogens with one attached hydrogen (secondary N) is 1. The summed E-state index contributed by atoms with van der Waals surface area (Å²) >= 11 is 0. The van der Waals surface area contributed by atoms with Crippen molar-refractivity contribution >= 4 is 0 Å². The highest BCUT2D eigenvalue weighted by Gasteiger charge is 2.39. The minimum atomic E-state index is 0.0465. The lowest BCUT2D eigenvalue weighted by atomic mass is 9.77. The van der Waals surface area contributed by atoms with Crippen molar-refractivity contribution in [3.63, 3.8) is 0 Å². The van der Waals surface area contributed by atoms with Gasteiger partial charge in [-0.3, -0.25) is 4.98 Å². The number of rotatable bonds is 8. The van der Waals surface area contributed by atoms with Crippen LogP contribution in [0.1, 0.15) is 57.8 Å². The van der Waals surface area contributed by atoms with Crippen molar-refractivity contribution in [3.8, 4) is 5.75 Å². The summed E-state index contributed by atoms with van der Waals surface area (Å²) in [6, 6.07) is 4.15. The standard InChI is InChI=1S/C18H30N2O/c1-5-16-17(8-7-15(4)20-16)21-18(9-6-10-18)11-12-19-13-14(2)3/h7-8,14,19H,5-6,9-13H2,1-4H3. The summed E-state index contributed by atoms with van der Waals surface area (Å²) in [5.41, 5.74) is 2.21. The average molecular weight is 290 g/mol.